The summed E-state index contributed by atoms with van der Waals surface area (Å²) in [5, 5.41) is 15.9. The van der Waals surface area contributed by atoms with E-state index in [0.717, 1.165) is 51.3 Å². The topological polar surface area (TPSA) is 65.9 Å². The lowest BCUT2D eigenvalue weighted by Gasteiger charge is -2.25. The highest BCUT2D eigenvalue weighted by Gasteiger charge is 2.41. The van der Waals surface area contributed by atoms with Crippen LogP contribution in [0.1, 0.15) is 39.5 Å². The molecular formula is C14H28IN3O2. The first kappa shape index (κ1) is 18.0. The number of aliphatic hydroxyl groups is 1. The quantitative estimate of drug-likeness (QED) is 0.361. The normalized spacial score (nSPS) is 27.9. The fraction of sp³-hybridized carbons (Fsp3) is 0.929. The Labute approximate surface area is 139 Å². The molecule has 0 aromatic rings. The van der Waals surface area contributed by atoms with Crippen LogP contribution in [-0.4, -0.2) is 49.5 Å². The summed E-state index contributed by atoms with van der Waals surface area (Å²) < 4.78 is 5.76. The van der Waals surface area contributed by atoms with Crippen molar-refractivity contribution in [3.63, 3.8) is 0 Å². The summed E-state index contributed by atoms with van der Waals surface area (Å²) in [4.78, 5) is 4.59. The van der Waals surface area contributed by atoms with E-state index in [1.54, 1.807) is 0 Å². The van der Waals surface area contributed by atoms with Gasteiger partial charge in [0, 0.05) is 25.1 Å². The summed E-state index contributed by atoms with van der Waals surface area (Å²) in [6.45, 7) is 7.64. The second kappa shape index (κ2) is 7.79. The lowest BCUT2D eigenvalue weighted by atomic mass is 10.0. The van der Waals surface area contributed by atoms with Crippen molar-refractivity contribution in [2.45, 2.75) is 45.1 Å². The van der Waals surface area contributed by atoms with E-state index in [2.05, 4.69) is 29.5 Å². The van der Waals surface area contributed by atoms with Gasteiger partial charge < -0.3 is 20.5 Å². The minimum absolute atomic E-state index is 0. The number of hydrogen-bond acceptors (Lipinski definition) is 3. The van der Waals surface area contributed by atoms with Crippen molar-refractivity contribution in [3.8, 4) is 0 Å². The Bertz CT molecular complexity index is 326. The van der Waals surface area contributed by atoms with E-state index < -0.39 is 0 Å². The molecule has 118 valence electrons. The van der Waals surface area contributed by atoms with Crippen molar-refractivity contribution in [2.24, 2.45) is 10.4 Å². The van der Waals surface area contributed by atoms with Gasteiger partial charge in [-0.15, -0.1) is 24.0 Å². The number of ether oxygens (including phenoxy) is 1. The van der Waals surface area contributed by atoms with Gasteiger partial charge in [0.05, 0.1) is 18.8 Å². The number of guanidine groups is 1. The molecule has 3 N–H and O–H groups in total. The van der Waals surface area contributed by atoms with Gasteiger partial charge in [0.15, 0.2) is 5.96 Å². The first-order valence-corrected chi connectivity index (χ1v) is 7.38. The van der Waals surface area contributed by atoms with Crippen molar-refractivity contribution >= 4 is 29.9 Å². The fourth-order valence-electron chi connectivity index (χ4n) is 2.38. The highest BCUT2D eigenvalue weighted by atomic mass is 127. The molecule has 0 radical (unpaired) electrons. The van der Waals surface area contributed by atoms with E-state index in [9.17, 15) is 5.11 Å². The van der Waals surface area contributed by atoms with Crippen molar-refractivity contribution in [1.29, 1.82) is 0 Å². The molecule has 0 bridgehead atoms. The molecule has 1 heterocycles. The van der Waals surface area contributed by atoms with Crippen LogP contribution < -0.4 is 10.6 Å². The van der Waals surface area contributed by atoms with Crippen molar-refractivity contribution in [1.82, 2.24) is 10.6 Å². The summed E-state index contributed by atoms with van der Waals surface area (Å²) in [5.41, 5.74) is 0.000545. The van der Waals surface area contributed by atoms with E-state index in [0.29, 0.717) is 6.54 Å². The van der Waals surface area contributed by atoms with Crippen LogP contribution in [0.25, 0.3) is 0 Å². The highest BCUT2D eigenvalue weighted by Crippen LogP contribution is 2.45. The van der Waals surface area contributed by atoms with Crippen LogP contribution in [0.5, 0.6) is 0 Å². The predicted molar refractivity (Wildman–Crippen MR) is 91.7 cm³/mol. The van der Waals surface area contributed by atoms with E-state index >= 15 is 0 Å². The lowest BCUT2D eigenvalue weighted by molar-refractivity contribution is 0.0242. The maximum Gasteiger partial charge on any atom is 0.191 e. The van der Waals surface area contributed by atoms with Gasteiger partial charge in [-0.1, -0.05) is 0 Å². The third kappa shape index (κ3) is 5.04. The highest BCUT2D eigenvalue weighted by molar-refractivity contribution is 14.0. The van der Waals surface area contributed by atoms with Crippen LogP contribution in [0, 0.1) is 5.41 Å². The Kier molecular flexibility index (Phi) is 7.00. The standard InChI is InChI=1S/C14H27N3O2.HI/c1-3-15-12(17-10-14(11-18)6-7-14)16-9-13(2)5-4-8-19-13;/h18H,3-11H2,1-2H3,(H2,15,16,17);1H. The first-order valence-electron chi connectivity index (χ1n) is 7.38. The van der Waals surface area contributed by atoms with Crippen LogP contribution in [0.3, 0.4) is 0 Å². The molecule has 1 aliphatic carbocycles. The third-order valence-corrected chi connectivity index (χ3v) is 4.14. The Balaban J connectivity index is 0.00000200. The van der Waals surface area contributed by atoms with Gasteiger partial charge in [0.2, 0.25) is 0 Å². The van der Waals surface area contributed by atoms with Crippen LogP contribution in [0.2, 0.25) is 0 Å². The van der Waals surface area contributed by atoms with Crippen LogP contribution >= 0.6 is 24.0 Å². The zero-order valence-corrected chi connectivity index (χ0v) is 14.9. The number of rotatable bonds is 6. The molecular weight excluding hydrogens is 369 g/mol. The van der Waals surface area contributed by atoms with E-state index in [4.69, 9.17) is 4.74 Å². The van der Waals surface area contributed by atoms with Gasteiger partial charge in [-0.25, -0.2) is 0 Å². The molecule has 2 fully saturated rings. The number of aliphatic imine (C=N–C) groups is 1. The lowest BCUT2D eigenvalue weighted by Crippen LogP contribution is -2.45. The van der Waals surface area contributed by atoms with Gasteiger partial charge in [-0.3, -0.25) is 4.99 Å². The summed E-state index contributed by atoms with van der Waals surface area (Å²) in [5.74, 6) is 0.832. The second-order valence-corrected chi connectivity index (χ2v) is 6.11. The Morgan fingerprint density at radius 1 is 1.30 bits per heavy atom. The molecule has 1 unspecified atom stereocenters. The average molecular weight is 397 g/mol. The zero-order valence-electron chi connectivity index (χ0n) is 12.6. The molecule has 0 spiro atoms. The summed E-state index contributed by atoms with van der Waals surface area (Å²) >= 11 is 0. The maximum absolute atomic E-state index is 9.31. The molecule has 1 aliphatic heterocycles. The smallest absolute Gasteiger partial charge is 0.191 e. The van der Waals surface area contributed by atoms with Crippen LogP contribution in [-0.2, 0) is 4.74 Å². The Hall–Kier alpha value is -0.0800. The fourth-order valence-corrected chi connectivity index (χ4v) is 2.38. The van der Waals surface area contributed by atoms with E-state index in [-0.39, 0.29) is 41.6 Å². The molecule has 2 aliphatic rings. The molecule has 0 amide bonds. The molecule has 1 atom stereocenters. The number of nitrogens with zero attached hydrogens (tertiary/aromatic N) is 1. The minimum Gasteiger partial charge on any atom is -0.396 e. The predicted octanol–water partition coefficient (Wildman–Crippen LogP) is 1.50. The number of halogens is 1. The van der Waals surface area contributed by atoms with Gasteiger partial charge in [0.1, 0.15) is 0 Å². The SMILES string of the molecule is CCNC(=NCC1(CO)CC1)NCC1(C)CCCO1.I. The maximum atomic E-state index is 9.31. The number of aliphatic hydroxyl groups excluding tert-OH is 1. The molecule has 2 rings (SSSR count). The molecule has 0 aromatic heterocycles. The van der Waals surface area contributed by atoms with Gasteiger partial charge in [-0.05, 0) is 39.5 Å². The van der Waals surface area contributed by atoms with Crippen molar-refractivity contribution in [2.75, 3.05) is 32.8 Å². The largest absolute Gasteiger partial charge is 0.396 e. The van der Waals surface area contributed by atoms with Crippen molar-refractivity contribution < 1.29 is 9.84 Å². The monoisotopic (exact) mass is 397 g/mol. The van der Waals surface area contributed by atoms with Crippen molar-refractivity contribution in [3.05, 3.63) is 0 Å². The first-order chi connectivity index (χ1) is 9.11. The molecule has 5 nitrogen and oxygen atoms in total. The van der Waals surface area contributed by atoms with Gasteiger partial charge >= 0.3 is 0 Å². The molecule has 20 heavy (non-hydrogen) atoms. The third-order valence-electron chi connectivity index (χ3n) is 4.14. The van der Waals surface area contributed by atoms with Crippen LogP contribution in [0.4, 0.5) is 0 Å². The second-order valence-electron chi connectivity index (χ2n) is 6.11. The molecule has 1 saturated carbocycles. The number of nitrogens with one attached hydrogen (secondary N) is 2. The summed E-state index contributed by atoms with van der Waals surface area (Å²) in [6.07, 6.45) is 4.42. The average Bonchev–Trinajstić information content (AvgIpc) is 3.08. The Morgan fingerprint density at radius 3 is 2.55 bits per heavy atom. The molecule has 6 heteroatoms. The van der Waals surface area contributed by atoms with Gasteiger partial charge in [0.25, 0.3) is 0 Å². The Morgan fingerprint density at radius 2 is 2.05 bits per heavy atom. The van der Waals surface area contributed by atoms with E-state index in [1.807, 2.05) is 0 Å². The molecule has 0 aromatic carbocycles. The minimum atomic E-state index is -0.0650. The summed E-state index contributed by atoms with van der Waals surface area (Å²) in [7, 11) is 0. The number of hydrogen-bond donors (Lipinski definition) is 3. The van der Waals surface area contributed by atoms with Gasteiger partial charge in [-0.2, -0.15) is 0 Å². The summed E-state index contributed by atoms with van der Waals surface area (Å²) in [6, 6.07) is 0. The van der Waals surface area contributed by atoms with E-state index in [1.165, 1.54) is 0 Å². The molecule has 1 saturated heterocycles. The van der Waals surface area contributed by atoms with Crippen LogP contribution in [0.15, 0.2) is 4.99 Å². The zero-order chi connectivity index (χ0) is 13.8.